The molecule has 230 valence electrons. The summed E-state index contributed by atoms with van der Waals surface area (Å²) in [5.74, 6) is -4.65. The van der Waals surface area contributed by atoms with E-state index in [1.165, 1.54) is 10.5 Å². The zero-order valence-corrected chi connectivity index (χ0v) is 25.4. The van der Waals surface area contributed by atoms with Crippen LogP contribution in [-0.4, -0.2) is 103 Å². The average molecular weight is 592 g/mol. The average Bonchev–Trinajstić information content (AvgIpc) is 3.68. The molecule has 3 fully saturated rings. The molecule has 4 N–H and O–H groups in total. The number of nitrogens with zero attached hydrogens (tertiary/aromatic N) is 3. The first-order valence-corrected chi connectivity index (χ1v) is 15.5. The van der Waals surface area contributed by atoms with Crippen molar-refractivity contribution >= 4 is 34.2 Å². The molecule has 11 nitrogen and oxygen atoms in total. The van der Waals surface area contributed by atoms with E-state index in [4.69, 9.17) is 4.74 Å². The molecule has 0 bridgehead atoms. The van der Waals surface area contributed by atoms with Gasteiger partial charge in [-0.2, -0.15) is 0 Å². The third kappa shape index (κ3) is 3.71. The Hall–Kier alpha value is -3.25. The molecular formula is C32H41N5O6. The number of ether oxygens (including phenoxy) is 1. The Labute approximate surface area is 250 Å². The largest absolute Gasteiger partial charge is 0.375 e. The molecule has 7 atom stereocenters. The second-order valence-corrected chi connectivity index (χ2v) is 13.5. The van der Waals surface area contributed by atoms with E-state index in [1.807, 2.05) is 50.2 Å². The molecule has 43 heavy (non-hydrogen) atoms. The minimum absolute atomic E-state index is 0.00344. The number of β-amino-alcohol motifs (C(OH)–C–C–N with tert-alkyl or cyclic N) is 1. The molecule has 0 radical (unpaired) electrons. The number of H-pyrrole nitrogens is 1. The summed E-state index contributed by atoms with van der Waals surface area (Å²) in [6, 6.07) is 4.25. The van der Waals surface area contributed by atoms with Crippen molar-refractivity contribution < 1.29 is 29.3 Å². The molecule has 7 rings (SSSR count). The highest BCUT2D eigenvalue weighted by molar-refractivity contribution is 6.02. The molecule has 5 heterocycles. The van der Waals surface area contributed by atoms with Gasteiger partial charge in [0, 0.05) is 42.1 Å². The highest BCUT2D eigenvalue weighted by Gasteiger charge is 2.72. The normalized spacial score (nSPS) is 36.1. The summed E-state index contributed by atoms with van der Waals surface area (Å²) in [6.45, 7) is 7.75. The Morgan fingerprint density at radius 2 is 2.00 bits per heavy atom. The number of aliphatic hydroxyl groups is 2. The number of aromatic nitrogens is 1. The number of carbonyl (C=O) groups excluding carboxylic acids is 3. The number of hydrogen-bond donors (Lipinski definition) is 4. The molecule has 1 aliphatic carbocycles. The molecule has 4 aliphatic heterocycles. The quantitative estimate of drug-likeness (QED) is 0.414. The third-order valence-corrected chi connectivity index (χ3v) is 10.7. The zero-order valence-electron chi connectivity index (χ0n) is 25.4. The van der Waals surface area contributed by atoms with Gasteiger partial charge in [0.05, 0.1) is 0 Å². The first-order valence-electron chi connectivity index (χ1n) is 15.5. The van der Waals surface area contributed by atoms with Crippen LogP contribution >= 0.6 is 0 Å². The standard InChI is InChI=1S/C32H41N5O6/c1-6-18(4)26-27(38)36-12-8-11-24(36)32(42)37(26)29(40)31(43-32,17(2)3)34-28(39)30(41)14-21-20-9-7-10-22-25(20)19(15-33-22)13-23(21)35(5)16-30/h7,9-10,14-15,17-18,23-24,26,33,41-42H,6,8,11-13,16H2,1-5H3,(H,34,39). The lowest BCUT2D eigenvalue weighted by atomic mass is 9.78. The summed E-state index contributed by atoms with van der Waals surface area (Å²) in [5.41, 5.74) is 0.0146. The molecule has 0 saturated carbocycles. The third-order valence-electron chi connectivity index (χ3n) is 10.7. The minimum Gasteiger partial charge on any atom is -0.375 e. The van der Waals surface area contributed by atoms with E-state index in [2.05, 4.69) is 10.3 Å². The molecular weight excluding hydrogens is 550 g/mol. The Balaban J connectivity index is 1.28. The van der Waals surface area contributed by atoms with E-state index in [0.717, 1.165) is 28.5 Å². The fourth-order valence-electron chi connectivity index (χ4n) is 8.15. The van der Waals surface area contributed by atoms with Gasteiger partial charge in [-0.15, -0.1) is 0 Å². The second-order valence-electron chi connectivity index (χ2n) is 13.5. The Bertz CT molecular complexity index is 1570. The first-order chi connectivity index (χ1) is 20.4. The molecule has 3 saturated heterocycles. The lowest BCUT2D eigenvalue weighted by molar-refractivity contribution is -0.324. The number of rotatable bonds is 5. The highest BCUT2D eigenvalue weighted by Crippen LogP contribution is 2.49. The molecule has 11 heteroatoms. The van der Waals surface area contributed by atoms with Crippen molar-refractivity contribution in [1.82, 2.24) is 25.0 Å². The summed E-state index contributed by atoms with van der Waals surface area (Å²) in [5, 5.41) is 28.0. The number of benzene rings is 1. The van der Waals surface area contributed by atoms with E-state index in [1.54, 1.807) is 24.8 Å². The van der Waals surface area contributed by atoms with E-state index < -0.39 is 47.1 Å². The van der Waals surface area contributed by atoms with E-state index in [9.17, 15) is 24.6 Å². The Kier molecular flexibility index (Phi) is 6.22. The van der Waals surface area contributed by atoms with Crippen LogP contribution < -0.4 is 5.32 Å². The summed E-state index contributed by atoms with van der Waals surface area (Å²) < 4.78 is 6.38. The van der Waals surface area contributed by atoms with Crippen LogP contribution in [0.4, 0.5) is 0 Å². The summed E-state index contributed by atoms with van der Waals surface area (Å²) in [6.07, 6.45) is 6.12. The fraction of sp³-hybridized carbons (Fsp3) is 0.594. The van der Waals surface area contributed by atoms with Gasteiger partial charge < -0.3 is 25.4 Å². The van der Waals surface area contributed by atoms with Crippen LogP contribution in [0.2, 0.25) is 0 Å². The topological polar surface area (TPSA) is 138 Å². The fourth-order valence-corrected chi connectivity index (χ4v) is 8.15. The van der Waals surface area contributed by atoms with Crippen LogP contribution in [-0.2, 0) is 25.5 Å². The maximum atomic E-state index is 14.5. The molecule has 0 spiro atoms. The van der Waals surface area contributed by atoms with Crippen LogP contribution in [0, 0.1) is 11.8 Å². The van der Waals surface area contributed by atoms with Crippen molar-refractivity contribution in [2.24, 2.45) is 11.8 Å². The number of piperazine rings is 1. The van der Waals surface area contributed by atoms with Crippen LogP contribution in [0.3, 0.4) is 0 Å². The number of nitrogens with one attached hydrogen (secondary N) is 2. The Morgan fingerprint density at radius 1 is 1.23 bits per heavy atom. The first kappa shape index (κ1) is 28.5. The van der Waals surface area contributed by atoms with Crippen molar-refractivity contribution in [3.8, 4) is 0 Å². The van der Waals surface area contributed by atoms with Crippen LogP contribution in [0.15, 0.2) is 30.5 Å². The molecule has 7 unspecified atom stereocenters. The van der Waals surface area contributed by atoms with Gasteiger partial charge in [-0.05, 0) is 61.1 Å². The van der Waals surface area contributed by atoms with Crippen molar-refractivity contribution in [1.29, 1.82) is 0 Å². The maximum Gasteiger partial charge on any atom is 0.281 e. The predicted molar refractivity (Wildman–Crippen MR) is 158 cm³/mol. The summed E-state index contributed by atoms with van der Waals surface area (Å²) >= 11 is 0. The Morgan fingerprint density at radius 3 is 2.72 bits per heavy atom. The van der Waals surface area contributed by atoms with Gasteiger partial charge in [-0.3, -0.25) is 28.9 Å². The van der Waals surface area contributed by atoms with E-state index >= 15 is 0 Å². The molecule has 3 amide bonds. The maximum absolute atomic E-state index is 14.5. The van der Waals surface area contributed by atoms with Gasteiger partial charge in [0.1, 0.15) is 12.1 Å². The lowest BCUT2D eigenvalue weighted by Gasteiger charge is -2.50. The molecule has 5 aliphatic rings. The summed E-state index contributed by atoms with van der Waals surface area (Å²) in [4.78, 5) is 50.5. The van der Waals surface area contributed by atoms with Gasteiger partial charge in [-0.1, -0.05) is 46.2 Å². The predicted octanol–water partition coefficient (Wildman–Crippen LogP) is 1.55. The smallest absolute Gasteiger partial charge is 0.281 e. The van der Waals surface area contributed by atoms with Gasteiger partial charge in [0.15, 0.2) is 5.60 Å². The van der Waals surface area contributed by atoms with Gasteiger partial charge >= 0.3 is 0 Å². The minimum atomic E-state index is -2.10. The van der Waals surface area contributed by atoms with Crippen molar-refractivity contribution in [3.63, 3.8) is 0 Å². The number of aromatic amines is 1. The molecule has 1 aromatic carbocycles. The second kappa shape index (κ2) is 9.37. The van der Waals surface area contributed by atoms with E-state index in [-0.39, 0.29) is 24.4 Å². The van der Waals surface area contributed by atoms with Gasteiger partial charge in [0.2, 0.25) is 11.6 Å². The van der Waals surface area contributed by atoms with Crippen LogP contribution in [0.5, 0.6) is 0 Å². The van der Waals surface area contributed by atoms with Gasteiger partial charge in [0.25, 0.3) is 17.7 Å². The van der Waals surface area contributed by atoms with Gasteiger partial charge in [-0.25, -0.2) is 0 Å². The van der Waals surface area contributed by atoms with Crippen molar-refractivity contribution in [2.45, 2.75) is 88.7 Å². The molecule has 2 aromatic rings. The molecule has 1 aromatic heterocycles. The number of likely N-dealkylation sites (N-methyl/N-ethyl adjacent to an activating group) is 1. The highest BCUT2D eigenvalue weighted by atomic mass is 16.7. The van der Waals surface area contributed by atoms with Crippen LogP contribution in [0.1, 0.15) is 58.1 Å². The number of carbonyl (C=O) groups is 3. The lowest BCUT2D eigenvalue weighted by Crippen LogP contribution is -2.72. The van der Waals surface area contributed by atoms with Crippen LogP contribution in [0.25, 0.3) is 16.5 Å². The number of amides is 3. The number of fused-ring (bicyclic) bond motifs is 5. The van der Waals surface area contributed by atoms with Crippen molar-refractivity contribution in [2.75, 3.05) is 20.1 Å². The van der Waals surface area contributed by atoms with E-state index in [0.29, 0.717) is 25.8 Å². The zero-order chi connectivity index (χ0) is 30.6. The monoisotopic (exact) mass is 591 g/mol. The summed E-state index contributed by atoms with van der Waals surface area (Å²) in [7, 11) is 1.88. The number of hydrogen-bond acceptors (Lipinski definition) is 7. The SMILES string of the molecule is CCC(C)C1C(=O)N2CCCC2C2(O)OC(NC(=O)C3(O)C=C4c5cccc6[nH]cc(c56)CC4N(C)C3)(C(C)C)C(=O)N12. The van der Waals surface area contributed by atoms with Crippen molar-refractivity contribution in [3.05, 3.63) is 41.6 Å².